The summed E-state index contributed by atoms with van der Waals surface area (Å²) in [4.78, 5) is 12.7. The number of ether oxygens (including phenoxy) is 3. The number of methoxy groups -OCH3 is 2. The van der Waals surface area contributed by atoms with Crippen LogP contribution < -0.4 is 9.47 Å². The molecule has 0 amide bonds. The van der Waals surface area contributed by atoms with E-state index >= 15 is 0 Å². The molecule has 28 heavy (non-hydrogen) atoms. The van der Waals surface area contributed by atoms with Crippen molar-refractivity contribution in [2.24, 2.45) is 0 Å². The van der Waals surface area contributed by atoms with Crippen molar-refractivity contribution >= 4 is 5.97 Å². The minimum atomic E-state index is -0.882. The lowest BCUT2D eigenvalue weighted by atomic mass is 10.1. The number of rotatable bonds is 6. The van der Waals surface area contributed by atoms with Crippen LogP contribution in [0.1, 0.15) is 17.3 Å². The Kier molecular flexibility index (Phi) is 5.61. The molecular weight excluding hydrogens is 358 g/mol. The molecule has 2 aromatic carbocycles. The molecular formula is C21H19N3O4. The molecule has 0 saturated carbocycles. The van der Waals surface area contributed by atoms with Gasteiger partial charge in [-0.15, -0.1) is 0 Å². The number of carbonyl (C=O) groups excluding carboxylic acids is 1. The summed E-state index contributed by atoms with van der Waals surface area (Å²) < 4.78 is 17.5. The molecule has 3 aromatic rings. The number of esters is 1. The second-order valence-corrected chi connectivity index (χ2v) is 5.91. The molecule has 3 rings (SSSR count). The predicted molar refractivity (Wildman–Crippen MR) is 103 cm³/mol. The van der Waals surface area contributed by atoms with Crippen molar-refractivity contribution in [2.45, 2.75) is 13.0 Å². The van der Waals surface area contributed by atoms with Crippen LogP contribution in [0, 0.1) is 11.3 Å². The fraction of sp³-hybridized carbons (Fsp3) is 0.190. The van der Waals surface area contributed by atoms with Crippen molar-refractivity contribution in [3.05, 3.63) is 60.3 Å². The molecule has 1 heterocycles. The highest BCUT2D eigenvalue weighted by molar-refractivity contribution is 5.97. The molecule has 0 radical (unpaired) electrons. The maximum absolute atomic E-state index is 12.7. The van der Waals surface area contributed by atoms with Crippen molar-refractivity contribution < 1.29 is 19.0 Å². The van der Waals surface area contributed by atoms with Crippen LogP contribution >= 0.6 is 0 Å². The maximum atomic E-state index is 12.7. The van der Waals surface area contributed by atoms with E-state index in [0.717, 1.165) is 5.69 Å². The average Bonchev–Trinajstić information content (AvgIpc) is 3.19. The maximum Gasteiger partial charge on any atom is 0.343 e. The molecule has 1 aromatic heterocycles. The Bertz CT molecular complexity index is 1020. The van der Waals surface area contributed by atoms with Crippen LogP contribution in [-0.4, -0.2) is 36.1 Å². The summed E-state index contributed by atoms with van der Waals surface area (Å²) in [6, 6.07) is 16.5. The molecule has 0 spiro atoms. The van der Waals surface area contributed by atoms with Gasteiger partial charge in [-0.1, -0.05) is 18.2 Å². The third-order valence-corrected chi connectivity index (χ3v) is 4.08. The Labute approximate surface area is 162 Å². The third-order valence-electron chi connectivity index (χ3n) is 4.08. The molecule has 7 nitrogen and oxygen atoms in total. The Morgan fingerprint density at radius 1 is 1.14 bits per heavy atom. The lowest BCUT2D eigenvalue weighted by Crippen LogP contribution is -2.13. The minimum Gasteiger partial charge on any atom is -0.497 e. The van der Waals surface area contributed by atoms with Crippen molar-refractivity contribution in [3.63, 3.8) is 0 Å². The molecule has 0 aliphatic carbocycles. The van der Waals surface area contributed by atoms with Gasteiger partial charge in [-0.3, -0.25) is 0 Å². The van der Waals surface area contributed by atoms with Gasteiger partial charge in [0.25, 0.3) is 0 Å². The zero-order chi connectivity index (χ0) is 20.1. The first kappa shape index (κ1) is 19.0. The molecule has 1 atom stereocenters. The molecule has 0 aliphatic heterocycles. The van der Waals surface area contributed by atoms with Crippen molar-refractivity contribution in [1.29, 1.82) is 5.26 Å². The summed E-state index contributed by atoms with van der Waals surface area (Å²) in [5.41, 5.74) is 1.94. The van der Waals surface area contributed by atoms with E-state index in [9.17, 15) is 4.79 Å². The van der Waals surface area contributed by atoms with Crippen LogP contribution in [0.5, 0.6) is 11.5 Å². The first-order valence-corrected chi connectivity index (χ1v) is 8.55. The van der Waals surface area contributed by atoms with E-state index in [4.69, 9.17) is 19.5 Å². The lowest BCUT2D eigenvalue weighted by molar-refractivity contribution is 0.0436. The number of nitrogens with zero attached hydrogens (tertiary/aromatic N) is 3. The van der Waals surface area contributed by atoms with Gasteiger partial charge in [-0.25, -0.2) is 9.48 Å². The van der Waals surface area contributed by atoms with Crippen LogP contribution in [0.4, 0.5) is 0 Å². The van der Waals surface area contributed by atoms with Crippen LogP contribution in [0.3, 0.4) is 0 Å². The van der Waals surface area contributed by atoms with Crippen LogP contribution in [-0.2, 0) is 4.74 Å². The highest BCUT2D eigenvalue weighted by Gasteiger charge is 2.24. The second kappa shape index (κ2) is 8.27. The van der Waals surface area contributed by atoms with E-state index in [1.807, 2.05) is 36.4 Å². The molecule has 0 unspecified atom stereocenters. The van der Waals surface area contributed by atoms with Gasteiger partial charge in [0.05, 0.1) is 19.9 Å². The lowest BCUT2D eigenvalue weighted by Gasteiger charge is -2.10. The molecule has 0 saturated heterocycles. The number of para-hydroxylation sites is 1. The Hall–Kier alpha value is -3.79. The van der Waals surface area contributed by atoms with E-state index in [0.29, 0.717) is 22.8 Å². The average molecular weight is 377 g/mol. The molecule has 142 valence electrons. The zero-order valence-corrected chi connectivity index (χ0v) is 15.7. The minimum absolute atomic E-state index is 0.220. The van der Waals surface area contributed by atoms with Gasteiger partial charge >= 0.3 is 5.97 Å². The Morgan fingerprint density at radius 2 is 1.89 bits per heavy atom. The normalized spacial score (nSPS) is 11.4. The van der Waals surface area contributed by atoms with Gasteiger partial charge < -0.3 is 14.2 Å². The van der Waals surface area contributed by atoms with E-state index in [2.05, 4.69) is 5.10 Å². The number of hydrogen-bond acceptors (Lipinski definition) is 6. The number of carbonyl (C=O) groups is 1. The van der Waals surface area contributed by atoms with Gasteiger partial charge in [0, 0.05) is 11.8 Å². The van der Waals surface area contributed by atoms with E-state index in [1.54, 1.807) is 36.2 Å². The molecule has 0 fully saturated rings. The smallest absolute Gasteiger partial charge is 0.343 e. The molecule has 0 N–H and O–H groups in total. The summed E-state index contributed by atoms with van der Waals surface area (Å²) in [7, 11) is 3.09. The second-order valence-electron chi connectivity index (χ2n) is 5.91. The first-order chi connectivity index (χ1) is 13.6. The zero-order valence-electron chi connectivity index (χ0n) is 15.7. The van der Waals surface area contributed by atoms with Crippen molar-refractivity contribution in [2.75, 3.05) is 14.2 Å². The van der Waals surface area contributed by atoms with Gasteiger partial charge in [0.15, 0.2) is 6.10 Å². The highest BCUT2D eigenvalue weighted by atomic mass is 16.5. The van der Waals surface area contributed by atoms with E-state index in [-0.39, 0.29) is 5.56 Å². The number of aromatic nitrogens is 2. The predicted octanol–water partition coefficient (Wildman–Crippen LogP) is 3.63. The van der Waals surface area contributed by atoms with Crippen LogP contribution in [0.15, 0.2) is 54.7 Å². The number of benzene rings is 2. The largest absolute Gasteiger partial charge is 0.497 e. The number of nitriles is 1. The molecule has 0 aliphatic rings. The summed E-state index contributed by atoms with van der Waals surface area (Å²) in [6.07, 6.45) is 0.698. The standard InChI is InChI=1S/C21H19N3O4/c1-14(12-22)28-21(25)18-13-24(15-7-5-4-6-8-15)23-20(18)17-11-16(26-2)9-10-19(17)27-3/h4-11,13-14H,1-3H3/t14-/m0/s1. The molecule has 0 bridgehead atoms. The van der Waals surface area contributed by atoms with Gasteiger partial charge in [0.2, 0.25) is 0 Å². The number of hydrogen-bond donors (Lipinski definition) is 0. The van der Waals surface area contributed by atoms with Gasteiger partial charge in [-0.05, 0) is 37.3 Å². The van der Waals surface area contributed by atoms with E-state index < -0.39 is 12.1 Å². The van der Waals surface area contributed by atoms with E-state index in [1.165, 1.54) is 14.0 Å². The highest BCUT2D eigenvalue weighted by Crippen LogP contribution is 2.35. The van der Waals surface area contributed by atoms with Crippen LogP contribution in [0.2, 0.25) is 0 Å². The summed E-state index contributed by atoms with van der Waals surface area (Å²) in [5, 5.41) is 13.6. The monoisotopic (exact) mass is 377 g/mol. The van der Waals surface area contributed by atoms with Crippen LogP contribution in [0.25, 0.3) is 16.9 Å². The van der Waals surface area contributed by atoms with Crippen molar-refractivity contribution in [1.82, 2.24) is 9.78 Å². The summed E-state index contributed by atoms with van der Waals surface area (Å²) >= 11 is 0. The fourth-order valence-electron chi connectivity index (χ4n) is 2.68. The third kappa shape index (κ3) is 3.81. The quantitative estimate of drug-likeness (QED) is 0.610. The van der Waals surface area contributed by atoms with Crippen molar-refractivity contribution in [3.8, 4) is 34.5 Å². The topological polar surface area (TPSA) is 86.4 Å². The summed E-state index contributed by atoms with van der Waals surface area (Å²) in [6.45, 7) is 1.51. The SMILES string of the molecule is COc1ccc(OC)c(-c2nn(-c3ccccc3)cc2C(=O)O[C@@H](C)C#N)c1. The van der Waals surface area contributed by atoms with Gasteiger partial charge in [0.1, 0.15) is 28.8 Å². The Balaban J connectivity index is 2.18. The Morgan fingerprint density at radius 3 is 2.54 bits per heavy atom. The molecule has 7 heteroatoms. The van der Waals surface area contributed by atoms with Gasteiger partial charge in [-0.2, -0.15) is 10.4 Å². The summed E-state index contributed by atoms with van der Waals surface area (Å²) in [5.74, 6) is 0.479. The first-order valence-electron chi connectivity index (χ1n) is 8.55. The fourth-order valence-corrected chi connectivity index (χ4v) is 2.68.